The van der Waals surface area contributed by atoms with Crippen LogP contribution in [0.25, 0.3) is 5.69 Å². The largest absolute Gasteiger partial charge is 0.471 e. The number of rotatable bonds is 4. The number of piperidine rings is 1. The van der Waals surface area contributed by atoms with E-state index in [1.165, 1.54) is 4.80 Å². The Bertz CT molecular complexity index is 1070. The molecule has 154 valence electrons. The van der Waals surface area contributed by atoms with Crippen molar-refractivity contribution >= 4 is 5.91 Å². The van der Waals surface area contributed by atoms with Crippen LogP contribution in [0, 0.1) is 19.8 Å². The van der Waals surface area contributed by atoms with Crippen molar-refractivity contribution in [3.05, 3.63) is 54.0 Å². The van der Waals surface area contributed by atoms with Crippen LogP contribution < -0.4 is 4.74 Å². The van der Waals surface area contributed by atoms with E-state index >= 15 is 0 Å². The van der Waals surface area contributed by atoms with Gasteiger partial charge in [0, 0.05) is 12.2 Å². The normalized spacial score (nSPS) is 25.0. The molecule has 4 unspecified atom stereocenters. The first kappa shape index (κ1) is 18.7. The second kappa shape index (κ2) is 7.16. The van der Waals surface area contributed by atoms with Crippen molar-refractivity contribution in [1.82, 2.24) is 34.8 Å². The van der Waals surface area contributed by atoms with E-state index in [1.807, 2.05) is 24.8 Å². The third-order valence-electron chi connectivity index (χ3n) is 6.09. The van der Waals surface area contributed by atoms with Crippen molar-refractivity contribution < 1.29 is 9.53 Å². The molecule has 2 fully saturated rings. The lowest BCUT2D eigenvalue weighted by Gasteiger charge is -2.37. The van der Waals surface area contributed by atoms with Crippen LogP contribution in [-0.4, -0.2) is 58.9 Å². The Hall–Kier alpha value is -3.36. The quantitative estimate of drug-likeness (QED) is 0.656. The molecule has 30 heavy (non-hydrogen) atoms. The minimum atomic E-state index is -0.120. The Morgan fingerprint density at radius 1 is 1.07 bits per heavy atom. The molecule has 1 aliphatic heterocycles. The zero-order valence-corrected chi connectivity index (χ0v) is 17.1. The minimum absolute atomic E-state index is 0.0258. The number of ether oxygens (including phenoxy) is 1. The first-order valence-corrected chi connectivity index (χ1v) is 10.1. The van der Waals surface area contributed by atoms with E-state index in [9.17, 15) is 4.79 Å². The molecule has 1 aliphatic carbocycles. The predicted molar refractivity (Wildman–Crippen MR) is 107 cm³/mol. The molecule has 0 N–H and O–H groups in total. The van der Waals surface area contributed by atoms with Gasteiger partial charge in [-0.1, -0.05) is 0 Å². The van der Waals surface area contributed by atoms with E-state index in [2.05, 4.69) is 32.1 Å². The molecule has 2 bridgehead atoms. The van der Waals surface area contributed by atoms with Crippen molar-refractivity contribution in [2.24, 2.45) is 5.92 Å². The number of carbonyl (C=O) groups is 1. The summed E-state index contributed by atoms with van der Waals surface area (Å²) in [6.07, 6.45) is 9.91. The van der Waals surface area contributed by atoms with E-state index in [4.69, 9.17) is 4.74 Å². The fraction of sp³-hybridized carbons (Fsp3) is 0.429. The van der Waals surface area contributed by atoms with Gasteiger partial charge >= 0.3 is 0 Å². The van der Waals surface area contributed by atoms with Crippen LogP contribution in [0.4, 0.5) is 0 Å². The van der Waals surface area contributed by atoms with Crippen molar-refractivity contribution in [3.8, 4) is 11.6 Å². The molecule has 0 radical (unpaired) electrons. The number of hydrogen-bond donors (Lipinski definition) is 0. The lowest BCUT2D eigenvalue weighted by atomic mass is 9.98. The summed E-state index contributed by atoms with van der Waals surface area (Å²) in [6.45, 7) is 5.92. The maximum absolute atomic E-state index is 13.6. The topological polar surface area (TPSA) is 98.9 Å². The number of carbonyl (C=O) groups excluding carboxylic acids is 1. The molecule has 0 aromatic carbocycles. The van der Waals surface area contributed by atoms with Gasteiger partial charge in [-0.25, -0.2) is 9.97 Å². The lowest BCUT2D eigenvalue weighted by Crippen LogP contribution is -2.51. The van der Waals surface area contributed by atoms with Gasteiger partial charge in [0.05, 0.1) is 36.5 Å². The molecular weight excluding hydrogens is 382 g/mol. The summed E-state index contributed by atoms with van der Waals surface area (Å²) in [5.74, 6) is 0.762. The molecule has 4 heterocycles. The predicted octanol–water partition coefficient (Wildman–Crippen LogP) is 2.14. The van der Waals surface area contributed by atoms with Crippen LogP contribution in [0.1, 0.15) is 41.5 Å². The maximum atomic E-state index is 13.6. The summed E-state index contributed by atoms with van der Waals surface area (Å²) in [7, 11) is 0. The van der Waals surface area contributed by atoms with E-state index in [1.54, 1.807) is 31.0 Å². The molecule has 1 saturated heterocycles. The highest BCUT2D eigenvalue weighted by Gasteiger charge is 2.53. The Morgan fingerprint density at radius 2 is 1.87 bits per heavy atom. The van der Waals surface area contributed by atoms with Gasteiger partial charge in [0.15, 0.2) is 5.69 Å². The average molecular weight is 405 g/mol. The third kappa shape index (κ3) is 3.10. The molecule has 9 nitrogen and oxygen atoms in total. The highest BCUT2D eigenvalue weighted by Crippen LogP contribution is 2.44. The fourth-order valence-corrected chi connectivity index (χ4v) is 4.62. The van der Waals surface area contributed by atoms with Crippen molar-refractivity contribution in [2.75, 3.05) is 0 Å². The Balaban J connectivity index is 1.44. The van der Waals surface area contributed by atoms with Gasteiger partial charge in [0.1, 0.15) is 11.8 Å². The molecule has 5 rings (SSSR count). The van der Waals surface area contributed by atoms with E-state index in [-0.39, 0.29) is 24.1 Å². The molecule has 1 saturated carbocycles. The molecular formula is C21H23N7O2. The van der Waals surface area contributed by atoms with Gasteiger partial charge < -0.3 is 9.64 Å². The summed E-state index contributed by atoms with van der Waals surface area (Å²) in [4.78, 5) is 30.0. The zero-order chi connectivity index (χ0) is 20.8. The van der Waals surface area contributed by atoms with E-state index < -0.39 is 0 Å². The number of hydrogen-bond acceptors (Lipinski definition) is 7. The van der Waals surface area contributed by atoms with Gasteiger partial charge in [-0.3, -0.25) is 9.78 Å². The van der Waals surface area contributed by atoms with E-state index in [0.29, 0.717) is 23.2 Å². The van der Waals surface area contributed by atoms with Crippen LogP contribution in [0.15, 0.2) is 37.1 Å². The fourth-order valence-electron chi connectivity index (χ4n) is 4.62. The summed E-state index contributed by atoms with van der Waals surface area (Å²) in [6, 6.07) is 1.98. The highest BCUT2D eigenvalue weighted by molar-refractivity contribution is 5.96. The van der Waals surface area contributed by atoms with Crippen LogP contribution in [-0.2, 0) is 0 Å². The number of pyridine rings is 1. The molecule has 2 aliphatic rings. The smallest absolute Gasteiger partial charge is 0.275 e. The monoisotopic (exact) mass is 405 g/mol. The Morgan fingerprint density at radius 3 is 2.57 bits per heavy atom. The first-order chi connectivity index (χ1) is 14.5. The standard InChI is InChI=1S/C21H23N7O2/c1-12-6-17(28-25-4-5-26-28)20(24-9-12)21(29)27-14(3)15-7-16(27)18(8-15)30-19-11-22-13(2)10-23-19/h4-6,9-11,14-16,18H,7-8H2,1-3H3. The highest BCUT2D eigenvalue weighted by atomic mass is 16.5. The molecule has 9 heteroatoms. The average Bonchev–Trinajstić information content (AvgIpc) is 3.46. The van der Waals surface area contributed by atoms with Gasteiger partial charge in [0.25, 0.3) is 5.91 Å². The molecule has 3 aromatic heterocycles. The number of amides is 1. The van der Waals surface area contributed by atoms with Crippen LogP contribution in [0.5, 0.6) is 5.88 Å². The van der Waals surface area contributed by atoms with Crippen LogP contribution in [0.3, 0.4) is 0 Å². The second-order valence-corrected chi connectivity index (χ2v) is 8.10. The Kier molecular flexibility index (Phi) is 4.45. The molecule has 4 atom stereocenters. The summed E-state index contributed by atoms with van der Waals surface area (Å²) in [5, 5.41) is 8.39. The third-order valence-corrected chi connectivity index (χ3v) is 6.09. The number of fused-ring (bicyclic) bond motifs is 2. The SMILES string of the molecule is Cc1cnc(C(=O)N2C(C)C3CC(Oc4cnc(C)cn4)C2C3)c(-n2nccn2)c1. The molecule has 0 spiro atoms. The lowest BCUT2D eigenvalue weighted by molar-refractivity contribution is 0.0308. The van der Waals surface area contributed by atoms with Gasteiger partial charge in [-0.2, -0.15) is 10.2 Å². The van der Waals surface area contributed by atoms with Crippen molar-refractivity contribution in [1.29, 1.82) is 0 Å². The summed E-state index contributed by atoms with van der Waals surface area (Å²) < 4.78 is 6.13. The zero-order valence-electron chi connectivity index (χ0n) is 17.1. The summed E-state index contributed by atoms with van der Waals surface area (Å²) >= 11 is 0. The molecule has 1 amide bonds. The maximum Gasteiger partial charge on any atom is 0.275 e. The van der Waals surface area contributed by atoms with Gasteiger partial charge in [0.2, 0.25) is 5.88 Å². The van der Waals surface area contributed by atoms with Crippen molar-refractivity contribution in [2.45, 2.75) is 51.8 Å². The first-order valence-electron chi connectivity index (χ1n) is 10.1. The van der Waals surface area contributed by atoms with Crippen LogP contribution >= 0.6 is 0 Å². The summed E-state index contributed by atoms with van der Waals surface area (Å²) in [5.41, 5.74) is 2.71. The second-order valence-electron chi connectivity index (χ2n) is 8.10. The number of nitrogens with zero attached hydrogens (tertiary/aromatic N) is 7. The minimum Gasteiger partial charge on any atom is -0.471 e. The number of likely N-dealkylation sites (tertiary alicyclic amines) is 1. The van der Waals surface area contributed by atoms with Gasteiger partial charge in [-0.05, 0) is 51.2 Å². The molecule has 3 aromatic rings. The van der Waals surface area contributed by atoms with Gasteiger partial charge in [-0.15, -0.1) is 4.80 Å². The number of aryl methyl sites for hydroxylation is 2. The van der Waals surface area contributed by atoms with Crippen LogP contribution in [0.2, 0.25) is 0 Å². The number of aromatic nitrogens is 6. The Labute approximate surface area is 174 Å². The van der Waals surface area contributed by atoms with E-state index in [0.717, 1.165) is 24.1 Å². The van der Waals surface area contributed by atoms with Crippen molar-refractivity contribution in [3.63, 3.8) is 0 Å².